The highest BCUT2D eigenvalue weighted by atomic mass is 14.2. The van der Waals surface area contributed by atoms with E-state index in [0.717, 1.165) is 6.42 Å². The summed E-state index contributed by atoms with van der Waals surface area (Å²) in [6.07, 6.45) is 14.2. The Morgan fingerprint density at radius 2 is 1.26 bits per heavy atom. The molecule has 0 unspecified atom stereocenters. The van der Waals surface area contributed by atoms with Gasteiger partial charge in [-0.1, -0.05) is 97.1 Å². The predicted molar refractivity (Wildman–Crippen MR) is 98.8 cm³/mol. The van der Waals surface area contributed by atoms with Crippen molar-refractivity contribution in [1.29, 1.82) is 0 Å². The highest BCUT2D eigenvalue weighted by molar-refractivity contribution is 5.94. The van der Waals surface area contributed by atoms with E-state index < -0.39 is 0 Å². The van der Waals surface area contributed by atoms with Crippen molar-refractivity contribution >= 4 is 11.1 Å². The number of allylic oxidation sites excluding steroid dienone is 10. The summed E-state index contributed by atoms with van der Waals surface area (Å²) in [5.74, 6) is 0. The summed E-state index contributed by atoms with van der Waals surface area (Å²) in [7, 11) is 0. The van der Waals surface area contributed by atoms with Crippen molar-refractivity contribution in [2.45, 2.75) is 6.42 Å². The molecule has 0 heterocycles. The molecule has 0 nitrogen and oxygen atoms in total. The minimum atomic E-state index is 0.967. The molecule has 2 bridgehead atoms. The van der Waals surface area contributed by atoms with Gasteiger partial charge < -0.3 is 0 Å². The van der Waals surface area contributed by atoms with Crippen LogP contribution in [0.1, 0.15) is 17.5 Å². The first kappa shape index (κ1) is 13.8. The SMILES string of the molecule is C1=CC2=CC=CC(c3ccccc3)=C(C2)C(c2ccccc2)=C1. The van der Waals surface area contributed by atoms with E-state index >= 15 is 0 Å². The zero-order valence-corrected chi connectivity index (χ0v) is 12.9. The lowest BCUT2D eigenvalue weighted by molar-refractivity contribution is 1.23. The van der Waals surface area contributed by atoms with Crippen LogP contribution in [0.3, 0.4) is 0 Å². The van der Waals surface area contributed by atoms with Crippen molar-refractivity contribution in [2.24, 2.45) is 0 Å². The third-order valence-corrected chi connectivity index (χ3v) is 4.35. The van der Waals surface area contributed by atoms with Gasteiger partial charge in [-0.25, -0.2) is 0 Å². The maximum atomic E-state index is 2.24. The molecule has 0 atom stereocenters. The summed E-state index contributed by atoms with van der Waals surface area (Å²) in [6, 6.07) is 21.3. The van der Waals surface area contributed by atoms with Crippen LogP contribution in [0.5, 0.6) is 0 Å². The van der Waals surface area contributed by atoms with E-state index in [1.54, 1.807) is 0 Å². The largest absolute Gasteiger partial charge is 0.0622 e. The molecule has 2 aromatic carbocycles. The fraction of sp³-hybridized carbons (Fsp3) is 0.0435. The Labute approximate surface area is 137 Å². The molecule has 0 spiro atoms. The van der Waals surface area contributed by atoms with E-state index in [4.69, 9.17) is 0 Å². The molecule has 23 heavy (non-hydrogen) atoms. The lowest BCUT2D eigenvalue weighted by Crippen LogP contribution is -1.95. The van der Waals surface area contributed by atoms with E-state index in [1.807, 2.05) is 0 Å². The number of hydrogen-bond acceptors (Lipinski definition) is 0. The summed E-state index contributed by atoms with van der Waals surface area (Å²) in [6.45, 7) is 0. The van der Waals surface area contributed by atoms with Crippen LogP contribution >= 0.6 is 0 Å². The Bertz CT molecular complexity index is 857. The van der Waals surface area contributed by atoms with Crippen molar-refractivity contribution < 1.29 is 0 Å². The first-order valence-corrected chi connectivity index (χ1v) is 8.02. The lowest BCUT2D eigenvalue weighted by Gasteiger charge is -2.16. The first-order valence-electron chi connectivity index (χ1n) is 8.02. The molecular formula is C23H18. The standard InChI is InChI=1S/C23H18/c1-3-11-19(12-4-1)21-15-7-9-18-10-8-16-22(23(21)17-18)20-13-5-2-6-14-20/h1-16H,17H2. The van der Waals surface area contributed by atoms with Crippen LogP contribution in [0.4, 0.5) is 0 Å². The Hall–Kier alpha value is -2.86. The van der Waals surface area contributed by atoms with E-state index in [-0.39, 0.29) is 0 Å². The van der Waals surface area contributed by atoms with Crippen LogP contribution in [0.15, 0.2) is 108 Å². The van der Waals surface area contributed by atoms with Gasteiger partial charge in [-0.2, -0.15) is 0 Å². The minimum Gasteiger partial charge on any atom is -0.0622 e. The van der Waals surface area contributed by atoms with Crippen LogP contribution in [0.2, 0.25) is 0 Å². The Morgan fingerprint density at radius 3 is 2.00 bits per heavy atom. The average Bonchev–Trinajstić information content (AvgIpc) is 2.96. The van der Waals surface area contributed by atoms with E-state index in [0.29, 0.717) is 0 Å². The highest BCUT2D eigenvalue weighted by Crippen LogP contribution is 2.38. The molecule has 0 amide bonds. The van der Waals surface area contributed by atoms with Gasteiger partial charge in [-0.05, 0) is 39.8 Å². The van der Waals surface area contributed by atoms with Crippen molar-refractivity contribution in [2.75, 3.05) is 0 Å². The van der Waals surface area contributed by atoms with Crippen LogP contribution in [0, 0.1) is 0 Å². The third kappa shape index (κ3) is 2.76. The smallest absolute Gasteiger partial charge is 0.00134 e. The summed E-state index contributed by atoms with van der Waals surface area (Å²) in [5, 5.41) is 0. The molecule has 2 aliphatic carbocycles. The van der Waals surface area contributed by atoms with Crippen LogP contribution in [-0.2, 0) is 0 Å². The second-order valence-corrected chi connectivity index (χ2v) is 5.84. The summed E-state index contributed by atoms with van der Waals surface area (Å²) >= 11 is 0. The maximum Gasteiger partial charge on any atom is -0.00134 e. The molecule has 0 fully saturated rings. The molecule has 0 N–H and O–H groups in total. The van der Waals surface area contributed by atoms with Crippen LogP contribution < -0.4 is 0 Å². The molecule has 0 radical (unpaired) electrons. The minimum absolute atomic E-state index is 0.967. The van der Waals surface area contributed by atoms with E-state index in [1.165, 1.54) is 33.4 Å². The topological polar surface area (TPSA) is 0 Å². The van der Waals surface area contributed by atoms with Gasteiger partial charge in [0.15, 0.2) is 0 Å². The van der Waals surface area contributed by atoms with Crippen molar-refractivity contribution in [1.82, 2.24) is 0 Å². The summed E-state index contributed by atoms with van der Waals surface area (Å²) < 4.78 is 0. The van der Waals surface area contributed by atoms with Gasteiger partial charge in [0, 0.05) is 0 Å². The average molecular weight is 294 g/mol. The number of fused-ring (bicyclic) bond motifs is 2. The quantitative estimate of drug-likeness (QED) is 0.639. The second-order valence-electron chi connectivity index (χ2n) is 5.84. The van der Waals surface area contributed by atoms with Gasteiger partial charge in [0.05, 0.1) is 0 Å². The van der Waals surface area contributed by atoms with E-state index in [2.05, 4.69) is 97.1 Å². The fourth-order valence-electron chi connectivity index (χ4n) is 3.23. The van der Waals surface area contributed by atoms with Crippen molar-refractivity contribution in [3.05, 3.63) is 119 Å². The molecule has 0 heteroatoms. The maximum absolute atomic E-state index is 2.24. The summed E-state index contributed by atoms with van der Waals surface area (Å²) in [4.78, 5) is 0. The molecule has 110 valence electrons. The number of hydrogen-bond donors (Lipinski definition) is 0. The third-order valence-electron chi connectivity index (χ3n) is 4.35. The van der Waals surface area contributed by atoms with Gasteiger partial charge in [-0.15, -0.1) is 0 Å². The monoisotopic (exact) mass is 294 g/mol. The Balaban J connectivity index is 1.94. The zero-order valence-electron chi connectivity index (χ0n) is 12.9. The fourth-order valence-corrected chi connectivity index (χ4v) is 3.23. The van der Waals surface area contributed by atoms with Gasteiger partial charge in [0.2, 0.25) is 0 Å². The molecule has 0 saturated carbocycles. The first-order chi connectivity index (χ1) is 11.4. The van der Waals surface area contributed by atoms with Gasteiger partial charge in [-0.3, -0.25) is 0 Å². The van der Waals surface area contributed by atoms with Crippen LogP contribution in [-0.4, -0.2) is 0 Å². The normalized spacial score (nSPS) is 16.5. The molecule has 4 rings (SSSR count). The van der Waals surface area contributed by atoms with Gasteiger partial charge >= 0.3 is 0 Å². The number of rotatable bonds is 2. The van der Waals surface area contributed by atoms with E-state index in [9.17, 15) is 0 Å². The van der Waals surface area contributed by atoms with Crippen molar-refractivity contribution in [3.8, 4) is 0 Å². The molecule has 2 aromatic rings. The van der Waals surface area contributed by atoms with Gasteiger partial charge in [0.25, 0.3) is 0 Å². The molecule has 2 aliphatic rings. The van der Waals surface area contributed by atoms with Gasteiger partial charge in [0.1, 0.15) is 0 Å². The second kappa shape index (κ2) is 6.10. The van der Waals surface area contributed by atoms with Crippen LogP contribution in [0.25, 0.3) is 11.1 Å². The lowest BCUT2D eigenvalue weighted by atomic mass is 9.88. The molecule has 0 aliphatic heterocycles. The zero-order chi connectivity index (χ0) is 15.5. The highest BCUT2D eigenvalue weighted by Gasteiger charge is 2.17. The summed E-state index contributed by atoms with van der Waals surface area (Å²) in [5.41, 5.74) is 7.93. The van der Waals surface area contributed by atoms with Crippen molar-refractivity contribution in [3.63, 3.8) is 0 Å². The molecular weight excluding hydrogens is 276 g/mol. The molecule has 0 saturated heterocycles. The number of benzene rings is 2. The predicted octanol–water partition coefficient (Wildman–Crippen LogP) is 5.98. The Kier molecular flexibility index (Phi) is 3.65. The Morgan fingerprint density at radius 1 is 0.609 bits per heavy atom. The molecule has 0 aromatic heterocycles.